The lowest BCUT2D eigenvalue weighted by molar-refractivity contribution is -0.119. The van der Waals surface area contributed by atoms with Crippen molar-refractivity contribution >= 4 is 15.9 Å². The summed E-state index contributed by atoms with van der Waals surface area (Å²) < 4.78 is 26.5. The van der Waals surface area contributed by atoms with E-state index < -0.39 is 15.6 Å². The molecular formula is C14H22N2O4S. The number of carbonyl (C=O) groups is 1. The van der Waals surface area contributed by atoms with E-state index >= 15 is 0 Å². The maximum Gasteiger partial charge on any atom is 0.240 e. The predicted molar refractivity (Wildman–Crippen MR) is 80.1 cm³/mol. The standard InChI is InChI=1S/C14H22N2O4S/c1-4-14(3,18)10-16-21(19,20)13-7-5-12(6-8-13)9-15-11(2)17/h5-8,16,18H,4,9-10H2,1-3H3,(H,15,17). The van der Waals surface area contributed by atoms with E-state index in [-0.39, 0.29) is 17.3 Å². The highest BCUT2D eigenvalue weighted by atomic mass is 32.2. The van der Waals surface area contributed by atoms with Crippen LogP contribution in [0.4, 0.5) is 0 Å². The van der Waals surface area contributed by atoms with Crippen LogP contribution < -0.4 is 10.0 Å². The lowest BCUT2D eigenvalue weighted by Gasteiger charge is -2.21. The van der Waals surface area contributed by atoms with E-state index in [0.29, 0.717) is 13.0 Å². The second-order valence-electron chi connectivity index (χ2n) is 5.23. The Bertz CT molecular complexity index is 579. The Labute approximate surface area is 125 Å². The minimum absolute atomic E-state index is 0.0422. The van der Waals surface area contributed by atoms with Crippen molar-refractivity contribution in [3.8, 4) is 0 Å². The van der Waals surface area contributed by atoms with Crippen molar-refractivity contribution in [1.29, 1.82) is 0 Å². The monoisotopic (exact) mass is 314 g/mol. The van der Waals surface area contributed by atoms with E-state index in [0.717, 1.165) is 5.56 Å². The van der Waals surface area contributed by atoms with Crippen LogP contribution in [0.3, 0.4) is 0 Å². The Hall–Kier alpha value is -1.44. The highest BCUT2D eigenvalue weighted by Gasteiger charge is 2.22. The van der Waals surface area contributed by atoms with Crippen LogP contribution in [0, 0.1) is 0 Å². The van der Waals surface area contributed by atoms with Gasteiger partial charge in [0.2, 0.25) is 15.9 Å². The molecule has 0 saturated carbocycles. The summed E-state index contributed by atoms with van der Waals surface area (Å²) in [5, 5.41) is 12.5. The maximum absolute atomic E-state index is 12.1. The number of hydrogen-bond acceptors (Lipinski definition) is 4. The molecule has 0 aliphatic heterocycles. The van der Waals surface area contributed by atoms with Crippen molar-refractivity contribution in [1.82, 2.24) is 10.0 Å². The van der Waals surface area contributed by atoms with Crippen LogP contribution in [0.1, 0.15) is 32.8 Å². The third-order valence-electron chi connectivity index (χ3n) is 3.18. The van der Waals surface area contributed by atoms with Crippen LogP contribution in [0.2, 0.25) is 0 Å². The van der Waals surface area contributed by atoms with Gasteiger partial charge in [-0.25, -0.2) is 13.1 Å². The van der Waals surface area contributed by atoms with Gasteiger partial charge in [0.05, 0.1) is 10.5 Å². The fraction of sp³-hybridized carbons (Fsp3) is 0.500. The van der Waals surface area contributed by atoms with Crippen molar-refractivity contribution in [2.45, 2.75) is 44.2 Å². The second-order valence-corrected chi connectivity index (χ2v) is 7.00. The molecule has 0 fully saturated rings. The molecule has 0 bridgehead atoms. The van der Waals surface area contributed by atoms with E-state index in [1.165, 1.54) is 19.1 Å². The van der Waals surface area contributed by atoms with Crippen molar-refractivity contribution < 1.29 is 18.3 Å². The van der Waals surface area contributed by atoms with Gasteiger partial charge < -0.3 is 10.4 Å². The SMILES string of the molecule is CCC(C)(O)CNS(=O)(=O)c1ccc(CNC(C)=O)cc1. The summed E-state index contributed by atoms with van der Waals surface area (Å²) in [5.74, 6) is -0.143. The molecule has 0 spiro atoms. The lowest BCUT2D eigenvalue weighted by Crippen LogP contribution is -2.40. The number of carbonyl (C=O) groups excluding carboxylic acids is 1. The molecule has 0 aliphatic carbocycles. The minimum atomic E-state index is -3.65. The van der Waals surface area contributed by atoms with E-state index in [1.54, 1.807) is 26.0 Å². The number of rotatable bonds is 7. The first-order chi connectivity index (χ1) is 9.66. The van der Waals surface area contributed by atoms with Gasteiger partial charge in [0.25, 0.3) is 0 Å². The van der Waals surface area contributed by atoms with Gasteiger partial charge in [0, 0.05) is 20.0 Å². The normalized spacial score (nSPS) is 14.5. The fourth-order valence-electron chi connectivity index (χ4n) is 1.47. The Kier molecular flexibility index (Phi) is 5.88. The number of hydrogen-bond donors (Lipinski definition) is 3. The number of benzene rings is 1. The van der Waals surface area contributed by atoms with Gasteiger partial charge >= 0.3 is 0 Å². The van der Waals surface area contributed by atoms with Gasteiger partial charge in [-0.15, -0.1) is 0 Å². The number of nitrogens with one attached hydrogen (secondary N) is 2. The second kappa shape index (κ2) is 7.02. The molecule has 0 heterocycles. The molecule has 0 saturated heterocycles. The number of amides is 1. The third-order valence-corrected chi connectivity index (χ3v) is 4.60. The van der Waals surface area contributed by atoms with Crippen molar-refractivity contribution in [2.75, 3.05) is 6.54 Å². The molecule has 1 aromatic carbocycles. The summed E-state index contributed by atoms with van der Waals surface area (Å²) in [5.41, 5.74) is -0.261. The van der Waals surface area contributed by atoms with Gasteiger partial charge in [-0.2, -0.15) is 0 Å². The zero-order valence-electron chi connectivity index (χ0n) is 12.5. The molecule has 1 atom stereocenters. The molecular weight excluding hydrogens is 292 g/mol. The molecule has 1 aromatic rings. The van der Waals surface area contributed by atoms with E-state index in [1.807, 2.05) is 0 Å². The molecule has 118 valence electrons. The van der Waals surface area contributed by atoms with Crippen LogP contribution in [0.15, 0.2) is 29.2 Å². The van der Waals surface area contributed by atoms with Gasteiger partial charge in [-0.05, 0) is 31.0 Å². The summed E-state index contributed by atoms with van der Waals surface area (Å²) in [4.78, 5) is 10.9. The Morgan fingerprint density at radius 1 is 1.29 bits per heavy atom. The number of sulfonamides is 1. The quantitative estimate of drug-likeness (QED) is 0.692. The van der Waals surface area contributed by atoms with Crippen LogP contribution in [0.25, 0.3) is 0 Å². The van der Waals surface area contributed by atoms with E-state index in [2.05, 4.69) is 10.0 Å². The third kappa shape index (κ3) is 5.82. The largest absolute Gasteiger partial charge is 0.389 e. The summed E-state index contributed by atoms with van der Waals surface area (Å²) in [6.07, 6.45) is 0.450. The first-order valence-corrected chi connectivity index (χ1v) is 8.20. The average Bonchev–Trinajstić information content (AvgIpc) is 2.44. The Morgan fingerprint density at radius 3 is 2.33 bits per heavy atom. The van der Waals surface area contributed by atoms with Gasteiger partial charge in [-0.3, -0.25) is 4.79 Å². The molecule has 6 nitrogen and oxygen atoms in total. The van der Waals surface area contributed by atoms with Crippen molar-refractivity contribution in [3.63, 3.8) is 0 Å². The molecule has 0 aliphatic rings. The van der Waals surface area contributed by atoms with E-state index in [4.69, 9.17) is 0 Å². The van der Waals surface area contributed by atoms with Crippen LogP contribution in [-0.4, -0.2) is 31.6 Å². The van der Waals surface area contributed by atoms with Gasteiger partial charge in [0.15, 0.2) is 0 Å². The highest BCUT2D eigenvalue weighted by Crippen LogP contribution is 2.13. The fourth-order valence-corrected chi connectivity index (χ4v) is 2.63. The predicted octanol–water partition coefficient (Wildman–Crippen LogP) is 0.762. The Morgan fingerprint density at radius 2 is 1.86 bits per heavy atom. The van der Waals surface area contributed by atoms with Crippen LogP contribution in [0.5, 0.6) is 0 Å². The minimum Gasteiger partial charge on any atom is -0.389 e. The van der Waals surface area contributed by atoms with Crippen LogP contribution in [-0.2, 0) is 21.4 Å². The smallest absolute Gasteiger partial charge is 0.240 e. The molecule has 7 heteroatoms. The highest BCUT2D eigenvalue weighted by molar-refractivity contribution is 7.89. The lowest BCUT2D eigenvalue weighted by atomic mass is 10.1. The zero-order chi connectivity index (χ0) is 16.1. The zero-order valence-corrected chi connectivity index (χ0v) is 13.3. The number of aliphatic hydroxyl groups is 1. The molecule has 21 heavy (non-hydrogen) atoms. The summed E-state index contributed by atoms with van der Waals surface area (Å²) in [6, 6.07) is 6.23. The Balaban J connectivity index is 2.73. The summed E-state index contributed by atoms with van der Waals surface area (Å²) in [7, 11) is -3.65. The van der Waals surface area contributed by atoms with Crippen LogP contribution >= 0.6 is 0 Å². The molecule has 1 rings (SSSR count). The molecule has 0 aromatic heterocycles. The van der Waals surface area contributed by atoms with Gasteiger partial charge in [-0.1, -0.05) is 19.1 Å². The van der Waals surface area contributed by atoms with Crippen molar-refractivity contribution in [3.05, 3.63) is 29.8 Å². The first-order valence-electron chi connectivity index (χ1n) is 6.72. The molecule has 0 radical (unpaired) electrons. The van der Waals surface area contributed by atoms with Gasteiger partial charge in [0.1, 0.15) is 0 Å². The topological polar surface area (TPSA) is 95.5 Å². The van der Waals surface area contributed by atoms with Crippen molar-refractivity contribution in [2.24, 2.45) is 0 Å². The average molecular weight is 314 g/mol. The first kappa shape index (κ1) is 17.6. The molecule has 1 amide bonds. The summed E-state index contributed by atoms with van der Waals surface area (Å²) in [6.45, 7) is 5.09. The summed E-state index contributed by atoms with van der Waals surface area (Å²) >= 11 is 0. The van der Waals surface area contributed by atoms with E-state index in [9.17, 15) is 18.3 Å². The molecule has 3 N–H and O–H groups in total. The maximum atomic E-state index is 12.1. The molecule has 1 unspecified atom stereocenters.